The fourth-order valence-corrected chi connectivity index (χ4v) is 3.71. The monoisotopic (exact) mass is 363 g/mol. The lowest BCUT2D eigenvalue weighted by Gasteiger charge is -2.38. The summed E-state index contributed by atoms with van der Waals surface area (Å²) in [5.74, 6) is -0.676. The van der Waals surface area contributed by atoms with Crippen LogP contribution in [0.3, 0.4) is 0 Å². The Hall–Kier alpha value is -1.83. The first-order valence-corrected chi connectivity index (χ1v) is 9.23. The standard InChI is InChI=1S/C18H22FN3O2S/c1-13-21-15(11-25-13)9-20-12-18(24)7-4-8-22(17(18)23)10-14-5-2-3-6-16(14)19/h2-3,5-6,11,20,24H,4,7-10,12H2,1H3/t18-/m0/s1. The normalized spacial score (nSPS) is 20.9. The first-order valence-electron chi connectivity index (χ1n) is 8.35. The minimum absolute atomic E-state index is 0.163. The molecule has 0 radical (unpaired) electrons. The Kier molecular flexibility index (Phi) is 5.46. The molecule has 134 valence electrons. The molecule has 0 aliphatic carbocycles. The number of carbonyl (C=O) groups is 1. The molecule has 25 heavy (non-hydrogen) atoms. The zero-order valence-corrected chi connectivity index (χ0v) is 15.0. The third-order valence-electron chi connectivity index (χ3n) is 4.41. The topological polar surface area (TPSA) is 65.5 Å². The van der Waals surface area contributed by atoms with E-state index in [2.05, 4.69) is 10.3 Å². The molecule has 1 fully saturated rings. The Morgan fingerprint density at radius 2 is 2.24 bits per heavy atom. The average Bonchev–Trinajstić information content (AvgIpc) is 2.99. The van der Waals surface area contributed by atoms with Crippen molar-refractivity contribution in [1.29, 1.82) is 0 Å². The summed E-state index contributed by atoms with van der Waals surface area (Å²) in [5, 5.41) is 16.8. The number of nitrogens with one attached hydrogen (secondary N) is 1. The van der Waals surface area contributed by atoms with Gasteiger partial charge >= 0.3 is 0 Å². The van der Waals surface area contributed by atoms with Crippen molar-refractivity contribution in [2.24, 2.45) is 0 Å². The second-order valence-electron chi connectivity index (χ2n) is 6.41. The van der Waals surface area contributed by atoms with Crippen molar-refractivity contribution < 1.29 is 14.3 Å². The summed E-state index contributed by atoms with van der Waals surface area (Å²) < 4.78 is 13.8. The number of nitrogens with zero attached hydrogens (tertiary/aromatic N) is 2. The van der Waals surface area contributed by atoms with Crippen LogP contribution in [0.5, 0.6) is 0 Å². The van der Waals surface area contributed by atoms with E-state index in [4.69, 9.17) is 0 Å². The second kappa shape index (κ2) is 7.59. The third-order valence-corrected chi connectivity index (χ3v) is 5.24. The minimum Gasteiger partial charge on any atom is -0.379 e. The van der Waals surface area contributed by atoms with Crippen molar-refractivity contribution in [3.63, 3.8) is 0 Å². The zero-order chi connectivity index (χ0) is 17.9. The van der Waals surface area contributed by atoms with Crippen molar-refractivity contribution in [2.45, 2.75) is 38.5 Å². The van der Waals surface area contributed by atoms with Crippen LogP contribution >= 0.6 is 11.3 Å². The number of thiazole rings is 1. The molecule has 5 nitrogen and oxygen atoms in total. The number of aryl methyl sites for hydroxylation is 1. The van der Waals surface area contributed by atoms with Gasteiger partial charge in [-0.25, -0.2) is 9.37 Å². The summed E-state index contributed by atoms with van der Waals surface area (Å²) >= 11 is 1.57. The molecule has 1 aromatic heterocycles. The summed E-state index contributed by atoms with van der Waals surface area (Å²) in [6.45, 7) is 3.32. The van der Waals surface area contributed by atoms with Gasteiger partial charge in [-0.05, 0) is 25.8 Å². The van der Waals surface area contributed by atoms with Gasteiger partial charge in [0.2, 0.25) is 0 Å². The first kappa shape index (κ1) is 18.0. The minimum atomic E-state index is -1.45. The molecule has 7 heteroatoms. The molecule has 2 N–H and O–H groups in total. The fraction of sp³-hybridized carbons (Fsp3) is 0.444. The molecule has 1 aliphatic heterocycles. The van der Waals surface area contributed by atoms with Gasteiger partial charge in [-0.3, -0.25) is 4.79 Å². The third kappa shape index (κ3) is 4.23. The number of carbonyl (C=O) groups excluding carboxylic acids is 1. The molecule has 1 saturated heterocycles. The van der Waals surface area contributed by atoms with Gasteiger partial charge in [-0.15, -0.1) is 11.3 Å². The molecule has 0 unspecified atom stereocenters. The Bertz CT molecular complexity index is 751. The summed E-state index contributed by atoms with van der Waals surface area (Å²) in [4.78, 5) is 18.6. The summed E-state index contributed by atoms with van der Waals surface area (Å²) in [6, 6.07) is 6.42. The van der Waals surface area contributed by atoms with Crippen molar-refractivity contribution >= 4 is 17.2 Å². The molecule has 0 saturated carbocycles. The van der Waals surface area contributed by atoms with Crippen LogP contribution in [0, 0.1) is 12.7 Å². The number of rotatable bonds is 6. The highest BCUT2D eigenvalue weighted by atomic mass is 32.1. The summed E-state index contributed by atoms with van der Waals surface area (Å²) in [6.07, 6.45) is 1.09. The SMILES string of the molecule is Cc1nc(CNC[C@@]2(O)CCCN(Cc3ccccc3F)C2=O)cs1. The van der Waals surface area contributed by atoms with Crippen LogP contribution in [0.1, 0.15) is 29.1 Å². The van der Waals surface area contributed by atoms with Crippen LogP contribution < -0.4 is 5.32 Å². The van der Waals surface area contributed by atoms with Crippen LogP contribution in [-0.2, 0) is 17.9 Å². The number of hydrogen-bond donors (Lipinski definition) is 2. The number of amides is 1. The Morgan fingerprint density at radius 1 is 1.44 bits per heavy atom. The summed E-state index contributed by atoms with van der Waals surface area (Å²) in [7, 11) is 0. The van der Waals surface area contributed by atoms with E-state index in [1.165, 1.54) is 11.0 Å². The lowest BCUT2D eigenvalue weighted by atomic mass is 9.91. The van der Waals surface area contributed by atoms with Gasteiger partial charge in [-0.2, -0.15) is 0 Å². The van der Waals surface area contributed by atoms with Gasteiger partial charge in [0.25, 0.3) is 5.91 Å². The van der Waals surface area contributed by atoms with E-state index in [1.807, 2.05) is 12.3 Å². The number of halogens is 1. The van der Waals surface area contributed by atoms with E-state index in [9.17, 15) is 14.3 Å². The van der Waals surface area contributed by atoms with Gasteiger partial charge in [0.05, 0.1) is 10.7 Å². The van der Waals surface area contributed by atoms with Crippen molar-refractivity contribution in [3.8, 4) is 0 Å². The van der Waals surface area contributed by atoms with Crippen LogP contribution in [0.15, 0.2) is 29.6 Å². The molecule has 2 heterocycles. The molecule has 1 atom stereocenters. The molecule has 1 amide bonds. The van der Waals surface area contributed by atoms with E-state index in [-0.39, 0.29) is 24.8 Å². The van der Waals surface area contributed by atoms with E-state index in [1.54, 1.807) is 29.5 Å². The molecule has 2 aromatic rings. The summed E-state index contributed by atoms with van der Waals surface area (Å²) in [5.41, 5.74) is -0.0854. The lowest BCUT2D eigenvalue weighted by molar-refractivity contribution is -0.157. The quantitative estimate of drug-likeness (QED) is 0.826. The number of likely N-dealkylation sites (tertiary alicyclic amines) is 1. The highest BCUT2D eigenvalue weighted by molar-refractivity contribution is 7.09. The molecule has 1 aliphatic rings. The average molecular weight is 363 g/mol. The van der Waals surface area contributed by atoms with Gasteiger partial charge < -0.3 is 15.3 Å². The van der Waals surface area contributed by atoms with Crippen LogP contribution in [0.4, 0.5) is 4.39 Å². The highest BCUT2D eigenvalue weighted by Gasteiger charge is 2.41. The number of benzene rings is 1. The predicted octanol–water partition coefficient (Wildman–Crippen LogP) is 2.23. The van der Waals surface area contributed by atoms with E-state index >= 15 is 0 Å². The van der Waals surface area contributed by atoms with Crippen molar-refractivity contribution in [2.75, 3.05) is 13.1 Å². The first-order chi connectivity index (χ1) is 12.0. The van der Waals surface area contributed by atoms with Crippen LogP contribution in [-0.4, -0.2) is 39.6 Å². The van der Waals surface area contributed by atoms with E-state index in [0.717, 1.165) is 10.7 Å². The Morgan fingerprint density at radius 3 is 2.96 bits per heavy atom. The van der Waals surface area contributed by atoms with Gasteiger partial charge in [0.15, 0.2) is 5.60 Å². The fourth-order valence-electron chi connectivity index (χ4n) is 3.10. The molecular weight excluding hydrogens is 341 g/mol. The van der Waals surface area contributed by atoms with Crippen molar-refractivity contribution in [3.05, 3.63) is 51.7 Å². The Balaban J connectivity index is 1.61. The predicted molar refractivity (Wildman–Crippen MR) is 94.6 cm³/mol. The molecule has 0 bridgehead atoms. The van der Waals surface area contributed by atoms with Crippen LogP contribution in [0.25, 0.3) is 0 Å². The van der Waals surface area contributed by atoms with Gasteiger partial charge in [-0.1, -0.05) is 18.2 Å². The second-order valence-corrected chi connectivity index (χ2v) is 7.48. The molecular formula is C18H22FN3O2S. The van der Waals surface area contributed by atoms with E-state index < -0.39 is 5.60 Å². The van der Waals surface area contributed by atoms with E-state index in [0.29, 0.717) is 31.5 Å². The Labute approximate surface area is 150 Å². The maximum atomic E-state index is 13.8. The van der Waals surface area contributed by atoms with Gasteiger partial charge in [0, 0.05) is 37.1 Å². The number of aromatic nitrogens is 1. The molecule has 0 spiro atoms. The maximum Gasteiger partial charge on any atom is 0.256 e. The lowest BCUT2D eigenvalue weighted by Crippen LogP contribution is -2.57. The van der Waals surface area contributed by atoms with Crippen LogP contribution in [0.2, 0.25) is 0 Å². The molecule has 3 rings (SSSR count). The smallest absolute Gasteiger partial charge is 0.256 e. The largest absolute Gasteiger partial charge is 0.379 e. The number of piperidine rings is 1. The zero-order valence-electron chi connectivity index (χ0n) is 14.2. The number of aliphatic hydroxyl groups is 1. The van der Waals surface area contributed by atoms with Crippen molar-refractivity contribution in [1.82, 2.24) is 15.2 Å². The number of hydrogen-bond acceptors (Lipinski definition) is 5. The van der Waals surface area contributed by atoms with Gasteiger partial charge in [0.1, 0.15) is 5.82 Å². The highest BCUT2D eigenvalue weighted by Crippen LogP contribution is 2.24. The maximum absolute atomic E-state index is 13.8. The molecule has 1 aromatic carbocycles.